The van der Waals surface area contributed by atoms with Gasteiger partial charge in [-0.1, -0.05) is 60.7 Å². The first-order valence-corrected chi connectivity index (χ1v) is 9.50. The highest BCUT2D eigenvalue weighted by Crippen LogP contribution is 2.04. The molecule has 0 unspecified atom stereocenters. The normalized spacial score (nSPS) is 15.9. The predicted octanol–water partition coefficient (Wildman–Crippen LogP) is 0.578. The molecular weight excluding hydrogens is 368 g/mol. The van der Waals surface area contributed by atoms with Gasteiger partial charge in [0, 0.05) is 7.05 Å². The van der Waals surface area contributed by atoms with Crippen LogP contribution in [0.5, 0.6) is 0 Å². The van der Waals surface area contributed by atoms with Gasteiger partial charge >= 0.3 is 0 Å². The third-order valence-electron chi connectivity index (χ3n) is 4.87. The molecule has 0 aliphatic carbocycles. The first kappa shape index (κ1) is 19.1. The van der Waals surface area contributed by atoms with E-state index in [-0.39, 0.29) is 17.7 Å². The molecule has 2 heterocycles. The first-order chi connectivity index (χ1) is 14.1. The molecule has 0 atom stereocenters. The van der Waals surface area contributed by atoms with Gasteiger partial charge in [-0.05, 0) is 23.3 Å². The van der Waals surface area contributed by atoms with Gasteiger partial charge in [0.15, 0.2) is 6.29 Å². The first-order valence-electron chi connectivity index (χ1n) is 9.50. The molecule has 0 radical (unpaired) electrons. The number of hydrogen-bond acceptors (Lipinski definition) is 4. The predicted molar refractivity (Wildman–Crippen MR) is 111 cm³/mol. The second-order valence-corrected chi connectivity index (χ2v) is 6.83. The average molecular weight is 390 g/mol. The summed E-state index contributed by atoms with van der Waals surface area (Å²) in [6.07, 6.45) is 2.90. The summed E-state index contributed by atoms with van der Waals surface area (Å²) in [6, 6.07) is 18.9. The van der Waals surface area contributed by atoms with Gasteiger partial charge in [0.1, 0.15) is 10.7 Å². The largest absolute Gasteiger partial charge is 0.348 e. The summed E-state index contributed by atoms with van der Waals surface area (Å²) in [7, 11) is 1.62. The molecule has 4 rings (SSSR count). The van der Waals surface area contributed by atoms with E-state index in [2.05, 4.69) is 0 Å². The van der Waals surface area contributed by atoms with Gasteiger partial charge in [0.05, 0.1) is 19.8 Å². The Kier molecular flexibility index (Phi) is 5.55. The second kappa shape index (κ2) is 8.43. The van der Waals surface area contributed by atoms with Crippen molar-refractivity contribution in [2.24, 2.45) is 7.05 Å². The summed E-state index contributed by atoms with van der Waals surface area (Å²) in [4.78, 5) is 26.6. The lowest BCUT2D eigenvalue weighted by Crippen LogP contribution is -2.58. The molecule has 6 heteroatoms. The lowest BCUT2D eigenvalue weighted by molar-refractivity contribution is -0.0537. The fourth-order valence-electron chi connectivity index (χ4n) is 3.34. The van der Waals surface area contributed by atoms with E-state index in [1.807, 2.05) is 60.7 Å². The standard InChI is InChI=1S/C23H22N2O4/c1-24-19(14-17-8-4-2-5-9-17)23(27)25(16-21-28-12-13-29-21)20(22(24)26)15-18-10-6-3-7-11-18/h2-11,14-15,21H,12-13,16H2,1H3/b19-14-,20-15-. The van der Waals surface area contributed by atoms with Crippen LogP contribution in [0.1, 0.15) is 11.1 Å². The van der Waals surface area contributed by atoms with Crippen molar-refractivity contribution in [2.75, 3.05) is 13.2 Å². The number of nitrogens with zero attached hydrogens (tertiary/aromatic N) is 2. The highest BCUT2D eigenvalue weighted by Gasteiger charge is 2.19. The number of ether oxygens (including phenoxy) is 2. The molecule has 3 aromatic rings. The maximum atomic E-state index is 13.4. The van der Waals surface area contributed by atoms with Gasteiger partial charge in [-0.3, -0.25) is 14.2 Å². The van der Waals surface area contributed by atoms with Crippen LogP contribution in [-0.4, -0.2) is 28.6 Å². The molecule has 148 valence electrons. The third-order valence-corrected chi connectivity index (χ3v) is 4.87. The van der Waals surface area contributed by atoms with Crippen LogP contribution in [-0.2, 0) is 23.1 Å². The van der Waals surface area contributed by atoms with E-state index < -0.39 is 6.29 Å². The van der Waals surface area contributed by atoms with Crippen LogP contribution in [0.3, 0.4) is 0 Å². The van der Waals surface area contributed by atoms with Crippen molar-refractivity contribution < 1.29 is 9.47 Å². The zero-order chi connectivity index (χ0) is 20.2. The topological polar surface area (TPSA) is 62.5 Å². The lowest BCUT2D eigenvalue weighted by Gasteiger charge is -2.14. The van der Waals surface area contributed by atoms with E-state index in [0.29, 0.717) is 23.9 Å². The van der Waals surface area contributed by atoms with Crippen molar-refractivity contribution in [1.82, 2.24) is 9.13 Å². The summed E-state index contributed by atoms with van der Waals surface area (Å²) in [6.45, 7) is 1.11. The van der Waals surface area contributed by atoms with E-state index in [1.54, 1.807) is 19.2 Å². The Labute approximate surface area is 167 Å². The van der Waals surface area contributed by atoms with E-state index in [0.717, 1.165) is 11.1 Å². The number of hydrogen-bond donors (Lipinski definition) is 0. The van der Waals surface area contributed by atoms with Crippen molar-refractivity contribution >= 4 is 12.2 Å². The monoisotopic (exact) mass is 390 g/mol. The number of aromatic nitrogens is 2. The zero-order valence-electron chi connectivity index (χ0n) is 16.2. The van der Waals surface area contributed by atoms with Gasteiger partial charge in [-0.15, -0.1) is 0 Å². The van der Waals surface area contributed by atoms with Crippen LogP contribution in [0, 0.1) is 0 Å². The fraction of sp³-hybridized carbons (Fsp3) is 0.217. The molecule has 1 aromatic heterocycles. The molecular formula is C23H22N2O4. The molecule has 0 saturated carbocycles. The van der Waals surface area contributed by atoms with E-state index in [1.165, 1.54) is 9.13 Å². The summed E-state index contributed by atoms with van der Waals surface area (Å²) >= 11 is 0. The third kappa shape index (κ3) is 4.13. The summed E-state index contributed by atoms with van der Waals surface area (Å²) in [5, 5.41) is 0.609. The van der Waals surface area contributed by atoms with Crippen LogP contribution in [0.15, 0.2) is 70.3 Å². The summed E-state index contributed by atoms with van der Waals surface area (Å²) in [5.41, 5.74) is 1.16. The molecule has 1 aliphatic heterocycles. The molecule has 0 spiro atoms. The molecule has 0 N–H and O–H groups in total. The maximum absolute atomic E-state index is 13.4. The Hall–Kier alpha value is -3.22. The molecule has 1 saturated heterocycles. The SMILES string of the molecule is Cn1c(=O)/c(=C/c2ccccc2)n(CC2OCCO2)c(=O)/c1=C/c1ccccc1. The Morgan fingerprint density at radius 1 is 0.828 bits per heavy atom. The average Bonchev–Trinajstić information content (AvgIpc) is 3.27. The molecule has 1 aliphatic rings. The smallest absolute Gasteiger partial charge is 0.275 e. The van der Waals surface area contributed by atoms with Gasteiger partial charge in [0.25, 0.3) is 11.1 Å². The highest BCUT2D eigenvalue weighted by atomic mass is 16.7. The van der Waals surface area contributed by atoms with Crippen molar-refractivity contribution in [3.05, 3.63) is 103 Å². The molecule has 6 nitrogen and oxygen atoms in total. The van der Waals surface area contributed by atoms with E-state index in [4.69, 9.17) is 9.47 Å². The fourth-order valence-corrected chi connectivity index (χ4v) is 3.34. The lowest BCUT2D eigenvalue weighted by atomic mass is 10.2. The van der Waals surface area contributed by atoms with Crippen LogP contribution in [0.2, 0.25) is 0 Å². The van der Waals surface area contributed by atoms with Crippen LogP contribution in [0.4, 0.5) is 0 Å². The van der Waals surface area contributed by atoms with Crippen molar-refractivity contribution in [3.8, 4) is 0 Å². The van der Waals surface area contributed by atoms with Crippen LogP contribution < -0.4 is 21.8 Å². The van der Waals surface area contributed by atoms with Gasteiger partial charge in [0.2, 0.25) is 0 Å². The van der Waals surface area contributed by atoms with E-state index in [9.17, 15) is 9.59 Å². The van der Waals surface area contributed by atoms with Crippen LogP contribution in [0.25, 0.3) is 12.2 Å². The van der Waals surface area contributed by atoms with Crippen molar-refractivity contribution in [1.29, 1.82) is 0 Å². The summed E-state index contributed by atoms with van der Waals surface area (Å²) < 4.78 is 13.9. The minimum absolute atomic E-state index is 0.156. The highest BCUT2D eigenvalue weighted by molar-refractivity contribution is 5.49. The zero-order valence-corrected chi connectivity index (χ0v) is 16.2. The van der Waals surface area contributed by atoms with Crippen molar-refractivity contribution in [2.45, 2.75) is 12.8 Å². The van der Waals surface area contributed by atoms with Gasteiger partial charge < -0.3 is 14.0 Å². The molecule has 29 heavy (non-hydrogen) atoms. The van der Waals surface area contributed by atoms with Gasteiger partial charge in [-0.2, -0.15) is 0 Å². The Balaban J connectivity index is 1.98. The Morgan fingerprint density at radius 3 is 1.90 bits per heavy atom. The minimum atomic E-state index is -0.549. The summed E-state index contributed by atoms with van der Waals surface area (Å²) in [5.74, 6) is 0. The van der Waals surface area contributed by atoms with Gasteiger partial charge in [-0.25, -0.2) is 0 Å². The molecule has 1 fully saturated rings. The number of benzene rings is 2. The van der Waals surface area contributed by atoms with Crippen molar-refractivity contribution in [3.63, 3.8) is 0 Å². The molecule has 0 amide bonds. The van der Waals surface area contributed by atoms with Crippen LogP contribution >= 0.6 is 0 Å². The Bertz CT molecular complexity index is 1220. The Morgan fingerprint density at radius 2 is 1.34 bits per heavy atom. The minimum Gasteiger partial charge on any atom is -0.348 e. The maximum Gasteiger partial charge on any atom is 0.275 e. The second-order valence-electron chi connectivity index (χ2n) is 6.83. The molecule has 0 bridgehead atoms. The molecule has 2 aromatic carbocycles. The quantitative estimate of drug-likeness (QED) is 0.654. The van der Waals surface area contributed by atoms with E-state index >= 15 is 0 Å². The number of rotatable bonds is 4.